The summed E-state index contributed by atoms with van der Waals surface area (Å²) in [4.78, 5) is 21.8. The Labute approximate surface area is 126 Å². The Morgan fingerprint density at radius 2 is 2.45 bits per heavy atom. The Kier molecular flexibility index (Phi) is 3.81. The van der Waals surface area contributed by atoms with Gasteiger partial charge in [0.05, 0.1) is 10.0 Å². The third-order valence-corrected chi connectivity index (χ3v) is 4.92. The molecule has 1 aliphatic heterocycles. The monoisotopic (exact) mass is 309 g/mol. The summed E-state index contributed by atoms with van der Waals surface area (Å²) in [5.74, 6) is 0.381. The maximum absolute atomic E-state index is 12.4. The van der Waals surface area contributed by atoms with Crippen LogP contribution in [-0.2, 0) is 0 Å². The van der Waals surface area contributed by atoms with Gasteiger partial charge in [-0.25, -0.2) is 4.98 Å². The van der Waals surface area contributed by atoms with Crippen molar-refractivity contribution in [1.82, 2.24) is 14.9 Å². The van der Waals surface area contributed by atoms with Crippen molar-refractivity contribution in [1.29, 1.82) is 0 Å². The van der Waals surface area contributed by atoms with Crippen LogP contribution >= 0.6 is 22.9 Å². The van der Waals surface area contributed by atoms with Gasteiger partial charge in [0.15, 0.2) is 0 Å². The summed E-state index contributed by atoms with van der Waals surface area (Å²) < 4.78 is 0. The first kappa shape index (κ1) is 13.6. The minimum atomic E-state index is 0.0230. The third kappa shape index (κ3) is 2.74. The van der Waals surface area contributed by atoms with Crippen LogP contribution in [0.4, 0.5) is 0 Å². The average Bonchev–Trinajstić information content (AvgIpc) is 3.07. The number of amides is 1. The number of aromatic nitrogens is 2. The van der Waals surface area contributed by atoms with Gasteiger partial charge >= 0.3 is 0 Å². The number of rotatable bonds is 2. The zero-order chi connectivity index (χ0) is 14.1. The maximum atomic E-state index is 12.4. The standard InChI is InChI=1S/C14H16ClN3OS/c1-9-8-20-13(17-9)10-3-2-4-18(7-10)14(19)12-5-11(15)6-16-12/h5-6,8,10,16H,2-4,7H2,1H3/t10-/m1/s1. The molecule has 1 amide bonds. The van der Waals surface area contributed by atoms with Crippen molar-refractivity contribution in [2.24, 2.45) is 0 Å². The molecule has 2 aromatic heterocycles. The number of halogens is 1. The van der Waals surface area contributed by atoms with E-state index in [9.17, 15) is 4.79 Å². The predicted octanol–water partition coefficient (Wildman–Crippen LogP) is 3.45. The summed E-state index contributed by atoms with van der Waals surface area (Å²) in [6.45, 7) is 3.55. The molecular formula is C14H16ClN3OS. The molecule has 1 saturated heterocycles. The van der Waals surface area contributed by atoms with Gasteiger partial charge in [-0.3, -0.25) is 4.79 Å². The minimum Gasteiger partial charge on any atom is -0.356 e. The van der Waals surface area contributed by atoms with E-state index >= 15 is 0 Å². The lowest BCUT2D eigenvalue weighted by Gasteiger charge is -2.31. The van der Waals surface area contributed by atoms with Gasteiger partial charge < -0.3 is 9.88 Å². The quantitative estimate of drug-likeness (QED) is 0.923. The number of hydrogen-bond donors (Lipinski definition) is 1. The van der Waals surface area contributed by atoms with Crippen molar-refractivity contribution >= 4 is 28.8 Å². The van der Waals surface area contributed by atoms with Gasteiger partial charge in [0.25, 0.3) is 5.91 Å². The van der Waals surface area contributed by atoms with Crippen molar-refractivity contribution in [3.63, 3.8) is 0 Å². The van der Waals surface area contributed by atoms with Crippen LogP contribution in [0.25, 0.3) is 0 Å². The third-order valence-electron chi connectivity index (χ3n) is 3.57. The van der Waals surface area contributed by atoms with E-state index in [2.05, 4.69) is 15.3 Å². The second kappa shape index (κ2) is 5.58. The van der Waals surface area contributed by atoms with Crippen LogP contribution < -0.4 is 0 Å². The van der Waals surface area contributed by atoms with Gasteiger partial charge in [-0.2, -0.15) is 0 Å². The van der Waals surface area contributed by atoms with E-state index in [1.807, 2.05) is 11.8 Å². The van der Waals surface area contributed by atoms with Crippen LogP contribution in [0.2, 0.25) is 5.02 Å². The summed E-state index contributed by atoms with van der Waals surface area (Å²) in [6.07, 6.45) is 3.76. The van der Waals surface area contributed by atoms with Crippen LogP contribution in [0.1, 0.15) is 39.9 Å². The van der Waals surface area contributed by atoms with Crippen LogP contribution in [0.3, 0.4) is 0 Å². The molecule has 3 rings (SSSR count). The van der Waals surface area contributed by atoms with Crippen molar-refractivity contribution in [2.45, 2.75) is 25.7 Å². The fourth-order valence-electron chi connectivity index (χ4n) is 2.58. The Balaban J connectivity index is 1.73. The van der Waals surface area contributed by atoms with Gasteiger partial charge in [0.1, 0.15) is 5.69 Å². The van der Waals surface area contributed by atoms with Crippen molar-refractivity contribution in [3.8, 4) is 0 Å². The van der Waals surface area contributed by atoms with Crippen molar-refractivity contribution in [2.75, 3.05) is 13.1 Å². The van der Waals surface area contributed by atoms with E-state index in [1.165, 1.54) is 0 Å². The number of aryl methyl sites for hydroxylation is 1. The summed E-state index contributed by atoms with van der Waals surface area (Å²) in [6, 6.07) is 1.68. The minimum absolute atomic E-state index is 0.0230. The molecule has 0 aromatic carbocycles. The van der Waals surface area contributed by atoms with Crippen molar-refractivity contribution < 1.29 is 4.79 Å². The lowest BCUT2D eigenvalue weighted by molar-refractivity contribution is 0.0702. The van der Waals surface area contributed by atoms with Crippen LogP contribution in [0.5, 0.6) is 0 Å². The molecule has 1 N–H and O–H groups in total. The fraction of sp³-hybridized carbons (Fsp3) is 0.429. The van der Waals surface area contributed by atoms with E-state index in [-0.39, 0.29) is 5.91 Å². The van der Waals surface area contributed by atoms with Gasteiger partial charge in [0, 0.05) is 36.3 Å². The number of aromatic amines is 1. The Hall–Kier alpha value is -1.33. The first-order chi connectivity index (χ1) is 9.63. The van der Waals surface area contributed by atoms with Gasteiger partial charge in [0.2, 0.25) is 0 Å². The number of H-pyrrole nitrogens is 1. The predicted molar refractivity (Wildman–Crippen MR) is 80.5 cm³/mol. The second-order valence-corrected chi connectivity index (χ2v) is 6.48. The first-order valence-corrected chi connectivity index (χ1v) is 7.94. The molecule has 6 heteroatoms. The molecule has 0 saturated carbocycles. The van der Waals surface area contributed by atoms with E-state index in [0.717, 1.165) is 36.6 Å². The van der Waals surface area contributed by atoms with E-state index in [0.29, 0.717) is 16.6 Å². The number of likely N-dealkylation sites (tertiary alicyclic amines) is 1. The van der Waals surface area contributed by atoms with Crippen LogP contribution in [0.15, 0.2) is 17.6 Å². The maximum Gasteiger partial charge on any atom is 0.270 e. The highest BCUT2D eigenvalue weighted by molar-refractivity contribution is 7.09. The van der Waals surface area contributed by atoms with Crippen molar-refractivity contribution in [3.05, 3.63) is 39.1 Å². The van der Waals surface area contributed by atoms with Gasteiger partial charge in [-0.1, -0.05) is 11.6 Å². The number of nitrogens with zero attached hydrogens (tertiary/aromatic N) is 2. The number of nitrogens with one attached hydrogen (secondary N) is 1. The number of carbonyl (C=O) groups excluding carboxylic acids is 1. The SMILES string of the molecule is Cc1csc([C@@H]2CCCN(C(=O)c3cc(Cl)c[nH]3)C2)n1. The molecule has 2 aromatic rings. The largest absolute Gasteiger partial charge is 0.356 e. The molecule has 4 nitrogen and oxygen atoms in total. The fourth-order valence-corrected chi connectivity index (χ4v) is 3.67. The topological polar surface area (TPSA) is 49.0 Å². The summed E-state index contributed by atoms with van der Waals surface area (Å²) in [5, 5.41) is 3.78. The molecule has 0 spiro atoms. The molecular weight excluding hydrogens is 294 g/mol. The Bertz CT molecular complexity index is 621. The van der Waals surface area contributed by atoms with E-state index in [1.54, 1.807) is 23.6 Å². The van der Waals surface area contributed by atoms with E-state index in [4.69, 9.17) is 11.6 Å². The van der Waals surface area contributed by atoms with Gasteiger partial charge in [-0.15, -0.1) is 11.3 Å². The molecule has 1 fully saturated rings. The average molecular weight is 310 g/mol. The molecule has 0 bridgehead atoms. The highest BCUT2D eigenvalue weighted by atomic mass is 35.5. The second-order valence-electron chi connectivity index (χ2n) is 5.15. The summed E-state index contributed by atoms with van der Waals surface area (Å²) >= 11 is 7.55. The summed E-state index contributed by atoms with van der Waals surface area (Å²) in [5.41, 5.74) is 1.62. The molecule has 0 aliphatic carbocycles. The zero-order valence-electron chi connectivity index (χ0n) is 11.2. The number of carbonyl (C=O) groups is 1. The highest BCUT2D eigenvalue weighted by Gasteiger charge is 2.27. The molecule has 20 heavy (non-hydrogen) atoms. The zero-order valence-corrected chi connectivity index (χ0v) is 12.8. The first-order valence-electron chi connectivity index (χ1n) is 6.68. The Morgan fingerprint density at radius 3 is 3.10 bits per heavy atom. The number of thiazole rings is 1. The van der Waals surface area contributed by atoms with E-state index < -0.39 is 0 Å². The van der Waals surface area contributed by atoms with Crippen LogP contribution in [-0.4, -0.2) is 33.9 Å². The lowest BCUT2D eigenvalue weighted by Crippen LogP contribution is -2.39. The lowest BCUT2D eigenvalue weighted by atomic mass is 9.98. The number of piperidine rings is 1. The smallest absolute Gasteiger partial charge is 0.270 e. The molecule has 3 heterocycles. The molecule has 0 unspecified atom stereocenters. The van der Waals surface area contributed by atoms with Gasteiger partial charge in [-0.05, 0) is 25.8 Å². The Morgan fingerprint density at radius 1 is 1.60 bits per heavy atom. The normalized spacial score (nSPS) is 19.3. The highest BCUT2D eigenvalue weighted by Crippen LogP contribution is 2.29. The molecule has 1 atom stereocenters. The number of hydrogen-bond acceptors (Lipinski definition) is 3. The molecule has 1 aliphatic rings. The molecule has 0 radical (unpaired) electrons. The van der Waals surface area contributed by atoms with Crippen LogP contribution in [0, 0.1) is 6.92 Å². The molecule has 106 valence electrons. The summed E-state index contributed by atoms with van der Waals surface area (Å²) in [7, 11) is 0.